The summed E-state index contributed by atoms with van der Waals surface area (Å²) in [5.74, 6) is -0.0798. The minimum absolute atomic E-state index is 0.0798. The highest BCUT2D eigenvalue weighted by Gasteiger charge is 2.12. The van der Waals surface area contributed by atoms with Crippen molar-refractivity contribution in [2.45, 2.75) is 0 Å². The number of carbonyl (C=O) groups is 1. The van der Waals surface area contributed by atoms with E-state index in [4.69, 9.17) is 11.6 Å². The van der Waals surface area contributed by atoms with Crippen LogP contribution in [0.1, 0.15) is 15.9 Å². The van der Waals surface area contributed by atoms with Crippen LogP contribution in [0.5, 0.6) is 0 Å². The molecule has 0 bridgehead atoms. The lowest BCUT2D eigenvalue weighted by molar-refractivity contribution is 0.103. The number of aromatic nitrogens is 1. The third-order valence-corrected chi connectivity index (χ3v) is 3.10. The van der Waals surface area contributed by atoms with Crippen molar-refractivity contribution in [3.63, 3.8) is 0 Å². The Labute approximate surface area is 112 Å². The second-order valence-electron chi connectivity index (χ2n) is 3.19. The molecular weight excluding hydrogens is 336 g/mol. The van der Waals surface area contributed by atoms with Crippen LogP contribution in [0.3, 0.4) is 0 Å². The zero-order valence-electron chi connectivity index (χ0n) is 8.15. The van der Waals surface area contributed by atoms with Gasteiger partial charge in [-0.25, -0.2) is 0 Å². The first-order valence-electron chi connectivity index (χ1n) is 4.58. The van der Waals surface area contributed by atoms with Gasteiger partial charge >= 0.3 is 0 Å². The molecule has 0 aliphatic heterocycles. The maximum Gasteiger partial charge on any atom is 0.194 e. The van der Waals surface area contributed by atoms with Crippen LogP contribution in [-0.2, 0) is 0 Å². The predicted molar refractivity (Wildman–Crippen MR) is 71.8 cm³/mol. The van der Waals surface area contributed by atoms with Crippen molar-refractivity contribution in [3.05, 3.63) is 62.4 Å². The lowest BCUT2D eigenvalue weighted by Gasteiger charge is -2.03. The van der Waals surface area contributed by atoms with Gasteiger partial charge in [0, 0.05) is 27.1 Å². The zero-order chi connectivity index (χ0) is 11.5. The van der Waals surface area contributed by atoms with Crippen LogP contribution in [0.15, 0.2) is 42.7 Å². The Hall–Kier alpha value is -0.940. The summed E-state index contributed by atoms with van der Waals surface area (Å²) < 4.78 is 1.01. The maximum absolute atomic E-state index is 12.1. The SMILES string of the molecule is O=C(c1ccncc1)c1ccc(I)cc1Cl. The largest absolute Gasteiger partial charge is 0.289 e. The van der Waals surface area contributed by atoms with Crippen molar-refractivity contribution in [1.82, 2.24) is 4.98 Å². The number of pyridine rings is 1. The van der Waals surface area contributed by atoms with E-state index in [2.05, 4.69) is 27.6 Å². The van der Waals surface area contributed by atoms with Crippen LogP contribution in [0, 0.1) is 3.57 Å². The predicted octanol–water partition coefficient (Wildman–Crippen LogP) is 3.57. The summed E-state index contributed by atoms with van der Waals surface area (Å²) in [6.45, 7) is 0. The van der Waals surface area contributed by atoms with Gasteiger partial charge in [0.15, 0.2) is 5.78 Å². The third-order valence-electron chi connectivity index (χ3n) is 2.12. The van der Waals surface area contributed by atoms with Crippen LogP contribution >= 0.6 is 34.2 Å². The number of hydrogen-bond acceptors (Lipinski definition) is 2. The highest BCUT2D eigenvalue weighted by molar-refractivity contribution is 14.1. The van der Waals surface area contributed by atoms with Gasteiger partial charge in [0.2, 0.25) is 0 Å². The van der Waals surface area contributed by atoms with E-state index in [9.17, 15) is 4.79 Å². The first-order valence-corrected chi connectivity index (χ1v) is 6.04. The van der Waals surface area contributed by atoms with Gasteiger partial charge in [-0.05, 0) is 52.9 Å². The molecule has 0 aliphatic carbocycles. The quantitative estimate of drug-likeness (QED) is 0.616. The molecule has 1 aromatic carbocycles. The molecule has 80 valence electrons. The number of nitrogens with zero attached hydrogens (tertiary/aromatic N) is 1. The van der Waals surface area contributed by atoms with E-state index >= 15 is 0 Å². The van der Waals surface area contributed by atoms with E-state index in [-0.39, 0.29) is 5.78 Å². The van der Waals surface area contributed by atoms with Gasteiger partial charge in [-0.2, -0.15) is 0 Å². The molecule has 2 rings (SSSR count). The summed E-state index contributed by atoms with van der Waals surface area (Å²) in [5, 5.41) is 0.480. The Bertz CT molecular complexity index is 528. The molecule has 0 spiro atoms. The molecule has 0 fully saturated rings. The molecule has 0 saturated carbocycles. The molecule has 2 aromatic rings. The molecule has 0 amide bonds. The summed E-state index contributed by atoms with van der Waals surface area (Å²) in [6.07, 6.45) is 3.18. The van der Waals surface area contributed by atoms with Gasteiger partial charge in [-0.15, -0.1) is 0 Å². The van der Waals surface area contributed by atoms with Crippen LogP contribution < -0.4 is 0 Å². The van der Waals surface area contributed by atoms with Gasteiger partial charge in [0.05, 0.1) is 5.02 Å². The number of hydrogen-bond donors (Lipinski definition) is 0. The molecule has 0 N–H and O–H groups in total. The second-order valence-corrected chi connectivity index (χ2v) is 4.84. The fourth-order valence-corrected chi connectivity index (χ4v) is 2.27. The van der Waals surface area contributed by atoms with Crippen LogP contribution in [0.25, 0.3) is 0 Å². The van der Waals surface area contributed by atoms with Crippen molar-refractivity contribution in [2.75, 3.05) is 0 Å². The molecule has 2 nitrogen and oxygen atoms in total. The van der Waals surface area contributed by atoms with Crippen molar-refractivity contribution in [2.24, 2.45) is 0 Å². The topological polar surface area (TPSA) is 30.0 Å². The number of carbonyl (C=O) groups excluding carboxylic acids is 1. The molecular formula is C12H7ClINO. The Morgan fingerprint density at radius 2 is 1.88 bits per heavy atom. The van der Waals surface area contributed by atoms with E-state index < -0.39 is 0 Å². The molecule has 4 heteroatoms. The van der Waals surface area contributed by atoms with Gasteiger partial charge in [-0.1, -0.05) is 11.6 Å². The van der Waals surface area contributed by atoms with Crippen molar-refractivity contribution in [1.29, 1.82) is 0 Å². The van der Waals surface area contributed by atoms with E-state index in [1.807, 2.05) is 6.07 Å². The average molecular weight is 344 g/mol. The van der Waals surface area contributed by atoms with E-state index in [1.165, 1.54) is 0 Å². The summed E-state index contributed by atoms with van der Waals surface area (Å²) >= 11 is 8.19. The monoisotopic (exact) mass is 343 g/mol. The Kier molecular flexibility index (Phi) is 3.56. The zero-order valence-corrected chi connectivity index (χ0v) is 11.1. The highest BCUT2D eigenvalue weighted by Crippen LogP contribution is 2.21. The molecule has 1 heterocycles. The standard InChI is InChI=1S/C12H7ClINO/c13-11-7-9(14)1-2-10(11)12(16)8-3-5-15-6-4-8/h1-7H. The van der Waals surface area contributed by atoms with Gasteiger partial charge in [0.1, 0.15) is 0 Å². The lowest BCUT2D eigenvalue weighted by Crippen LogP contribution is -2.02. The summed E-state index contributed by atoms with van der Waals surface area (Å²) in [4.78, 5) is 15.9. The summed E-state index contributed by atoms with van der Waals surface area (Å²) in [6, 6.07) is 8.73. The van der Waals surface area contributed by atoms with E-state index in [0.29, 0.717) is 16.1 Å². The Morgan fingerprint density at radius 3 is 2.50 bits per heavy atom. The lowest BCUT2D eigenvalue weighted by atomic mass is 10.0. The fraction of sp³-hybridized carbons (Fsp3) is 0. The number of rotatable bonds is 2. The minimum atomic E-state index is -0.0798. The van der Waals surface area contributed by atoms with E-state index in [0.717, 1.165) is 3.57 Å². The first-order chi connectivity index (χ1) is 7.68. The second kappa shape index (κ2) is 4.93. The first kappa shape index (κ1) is 11.5. The molecule has 0 unspecified atom stereocenters. The average Bonchev–Trinajstić information content (AvgIpc) is 2.29. The third kappa shape index (κ3) is 2.41. The molecule has 0 radical (unpaired) electrons. The minimum Gasteiger partial charge on any atom is -0.289 e. The van der Waals surface area contributed by atoms with Gasteiger partial charge in [-0.3, -0.25) is 9.78 Å². The number of ketones is 1. The fourth-order valence-electron chi connectivity index (χ4n) is 1.33. The number of halogens is 2. The molecule has 16 heavy (non-hydrogen) atoms. The molecule has 0 aliphatic rings. The van der Waals surface area contributed by atoms with Crippen molar-refractivity contribution >= 4 is 40.0 Å². The van der Waals surface area contributed by atoms with Crippen LogP contribution in [0.4, 0.5) is 0 Å². The van der Waals surface area contributed by atoms with Crippen LogP contribution in [-0.4, -0.2) is 10.8 Å². The number of benzene rings is 1. The summed E-state index contributed by atoms with van der Waals surface area (Å²) in [7, 11) is 0. The van der Waals surface area contributed by atoms with Gasteiger partial charge in [0.25, 0.3) is 0 Å². The Balaban J connectivity index is 2.42. The van der Waals surface area contributed by atoms with E-state index in [1.54, 1.807) is 36.7 Å². The smallest absolute Gasteiger partial charge is 0.194 e. The maximum atomic E-state index is 12.1. The molecule has 0 saturated heterocycles. The molecule has 1 aromatic heterocycles. The van der Waals surface area contributed by atoms with Crippen molar-refractivity contribution in [3.8, 4) is 0 Å². The summed E-state index contributed by atoms with van der Waals surface area (Å²) in [5.41, 5.74) is 1.12. The Morgan fingerprint density at radius 1 is 1.19 bits per heavy atom. The normalized spacial score (nSPS) is 10.1. The molecule has 0 atom stereocenters. The highest BCUT2D eigenvalue weighted by atomic mass is 127. The van der Waals surface area contributed by atoms with Gasteiger partial charge < -0.3 is 0 Å². The van der Waals surface area contributed by atoms with Crippen LogP contribution in [0.2, 0.25) is 5.02 Å². The van der Waals surface area contributed by atoms with Crippen molar-refractivity contribution < 1.29 is 4.79 Å².